The smallest absolute Gasteiger partial charge is 0.257 e. The van der Waals surface area contributed by atoms with Crippen LogP contribution >= 0.6 is 0 Å². The Morgan fingerprint density at radius 2 is 2.03 bits per heavy atom. The molecule has 166 valence electrons. The first-order valence-electron chi connectivity index (χ1n) is 10.7. The van der Waals surface area contributed by atoms with Crippen molar-refractivity contribution in [1.29, 1.82) is 0 Å². The predicted octanol–water partition coefficient (Wildman–Crippen LogP) is 2.52. The van der Waals surface area contributed by atoms with Crippen LogP contribution in [0, 0.1) is 12.7 Å². The second-order valence-corrected chi connectivity index (χ2v) is 7.74. The largest absolute Gasteiger partial charge is 0.379 e. The third-order valence-electron chi connectivity index (χ3n) is 5.48. The van der Waals surface area contributed by atoms with Gasteiger partial charge in [-0.05, 0) is 31.0 Å². The predicted molar refractivity (Wildman–Crippen MR) is 119 cm³/mol. The number of hydrogen-bond acceptors (Lipinski definition) is 4. The summed E-state index contributed by atoms with van der Waals surface area (Å²) in [6.45, 7) is 10.6. The van der Waals surface area contributed by atoms with Crippen molar-refractivity contribution in [2.45, 2.75) is 26.3 Å². The average Bonchev–Trinajstić information content (AvgIpc) is 2.75. The number of nitrogens with zero attached hydrogens (tertiary/aromatic N) is 2. The molecule has 1 aromatic heterocycles. The molecule has 7 heteroatoms. The Morgan fingerprint density at radius 3 is 2.74 bits per heavy atom. The summed E-state index contributed by atoms with van der Waals surface area (Å²) in [5.41, 5.74) is 1.90. The molecule has 1 N–H and O–H groups in total. The second kappa shape index (κ2) is 11.0. The third-order valence-corrected chi connectivity index (χ3v) is 5.48. The van der Waals surface area contributed by atoms with E-state index in [1.54, 1.807) is 18.2 Å². The zero-order chi connectivity index (χ0) is 22.2. The highest BCUT2D eigenvalue weighted by Gasteiger charge is 2.21. The minimum atomic E-state index is -0.432. The second-order valence-electron chi connectivity index (χ2n) is 7.74. The van der Waals surface area contributed by atoms with Crippen LogP contribution in [0.3, 0.4) is 0 Å². The van der Waals surface area contributed by atoms with Crippen LogP contribution in [0.4, 0.5) is 4.39 Å². The number of carbonyl (C=O) groups excluding carboxylic acids is 1. The van der Waals surface area contributed by atoms with Crippen molar-refractivity contribution in [3.63, 3.8) is 0 Å². The fourth-order valence-electron chi connectivity index (χ4n) is 3.94. The zero-order valence-electron chi connectivity index (χ0n) is 18.0. The molecule has 1 aliphatic heterocycles. The van der Waals surface area contributed by atoms with Crippen LogP contribution in [0.5, 0.6) is 0 Å². The van der Waals surface area contributed by atoms with E-state index in [2.05, 4.69) is 16.8 Å². The maximum Gasteiger partial charge on any atom is 0.257 e. The number of nitrogens with one attached hydrogen (secondary N) is 1. The number of aryl methyl sites for hydroxylation is 1. The van der Waals surface area contributed by atoms with E-state index < -0.39 is 5.91 Å². The van der Waals surface area contributed by atoms with Crippen LogP contribution in [0.2, 0.25) is 0 Å². The number of aromatic nitrogens is 1. The Morgan fingerprint density at radius 1 is 1.26 bits per heavy atom. The Bertz CT molecular complexity index is 981. The van der Waals surface area contributed by atoms with E-state index >= 15 is 0 Å². The molecule has 1 saturated heterocycles. The number of carbonyl (C=O) groups is 1. The van der Waals surface area contributed by atoms with Gasteiger partial charge < -0.3 is 14.6 Å². The monoisotopic (exact) mass is 427 g/mol. The molecule has 2 heterocycles. The van der Waals surface area contributed by atoms with Gasteiger partial charge in [0.15, 0.2) is 5.43 Å². The molecule has 0 radical (unpaired) electrons. The summed E-state index contributed by atoms with van der Waals surface area (Å²) in [7, 11) is 0. The number of hydrogen-bond donors (Lipinski definition) is 1. The van der Waals surface area contributed by atoms with Crippen molar-refractivity contribution in [3.8, 4) is 0 Å². The topological polar surface area (TPSA) is 63.6 Å². The number of ether oxygens (including phenoxy) is 1. The lowest BCUT2D eigenvalue weighted by atomic mass is 10.0. The highest BCUT2D eigenvalue weighted by Crippen LogP contribution is 2.17. The quantitative estimate of drug-likeness (QED) is 0.625. The number of amides is 1. The number of rotatable bonds is 9. The first-order chi connectivity index (χ1) is 15.0. The zero-order valence-corrected chi connectivity index (χ0v) is 18.0. The molecule has 0 spiro atoms. The molecule has 2 aromatic rings. The molecule has 1 aliphatic rings. The standard InChI is InChI=1S/C24H30FN3O3/c1-3-8-26-24(30)23-21(17-19-6-4-7-20(25)16-19)28(18(2)15-22(23)29)10-5-9-27-11-13-31-14-12-27/h3-4,6-7,15-16H,1,5,8-14,17H2,2H3,(H,26,30). The first-order valence-corrected chi connectivity index (χ1v) is 10.7. The number of halogens is 1. The summed E-state index contributed by atoms with van der Waals surface area (Å²) in [4.78, 5) is 28.0. The van der Waals surface area contributed by atoms with Crippen LogP contribution in [-0.2, 0) is 17.7 Å². The van der Waals surface area contributed by atoms with E-state index in [0.29, 0.717) is 24.2 Å². The van der Waals surface area contributed by atoms with Crippen LogP contribution < -0.4 is 10.7 Å². The van der Waals surface area contributed by atoms with Gasteiger partial charge in [0.25, 0.3) is 5.91 Å². The normalized spacial score (nSPS) is 14.4. The van der Waals surface area contributed by atoms with Crippen LogP contribution in [0.25, 0.3) is 0 Å². The lowest BCUT2D eigenvalue weighted by Crippen LogP contribution is -2.37. The van der Waals surface area contributed by atoms with Crippen LogP contribution in [0.15, 0.2) is 47.8 Å². The van der Waals surface area contributed by atoms with E-state index in [0.717, 1.165) is 45.0 Å². The van der Waals surface area contributed by atoms with Crippen molar-refractivity contribution in [2.24, 2.45) is 0 Å². The lowest BCUT2D eigenvalue weighted by Gasteiger charge is -2.27. The number of benzene rings is 1. The SMILES string of the molecule is C=CCNC(=O)c1c(Cc2cccc(F)c2)n(CCCN2CCOCC2)c(C)cc1=O. The molecule has 3 rings (SSSR count). The average molecular weight is 428 g/mol. The van der Waals surface area contributed by atoms with Crippen LogP contribution in [0.1, 0.15) is 33.7 Å². The molecule has 1 fully saturated rings. The van der Waals surface area contributed by atoms with Gasteiger partial charge in [-0.15, -0.1) is 6.58 Å². The van der Waals surface area contributed by atoms with Crippen molar-refractivity contribution in [2.75, 3.05) is 39.4 Å². The summed E-state index contributed by atoms with van der Waals surface area (Å²) in [5.74, 6) is -0.776. The summed E-state index contributed by atoms with van der Waals surface area (Å²) < 4.78 is 21.2. The molecule has 31 heavy (non-hydrogen) atoms. The van der Waals surface area contributed by atoms with Gasteiger partial charge in [-0.25, -0.2) is 4.39 Å². The van der Waals surface area contributed by atoms with Crippen molar-refractivity contribution >= 4 is 5.91 Å². The third kappa shape index (κ3) is 6.12. The van der Waals surface area contributed by atoms with Gasteiger partial charge in [0.05, 0.1) is 13.2 Å². The maximum absolute atomic E-state index is 13.8. The number of pyridine rings is 1. The summed E-state index contributed by atoms with van der Waals surface area (Å²) >= 11 is 0. The van der Waals surface area contributed by atoms with E-state index in [4.69, 9.17) is 4.74 Å². The van der Waals surface area contributed by atoms with Crippen molar-refractivity contribution in [3.05, 3.63) is 81.5 Å². The summed E-state index contributed by atoms with van der Waals surface area (Å²) in [6.07, 6.45) is 2.73. The first kappa shape index (κ1) is 22.9. The molecule has 1 amide bonds. The molecule has 0 bridgehead atoms. The Balaban J connectivity index is 1.93. The summed E-state index contributed by atoms with van der Waals surface area (Å²) in [5, 5.41) is 2.71. The van der Waals surface area contributed by atoms with Gasteiger partial charge in [-0.2, -0.15) is 0 Å². The van der Waals surface area contributed by atoms with E-state index in [1.165, 1.54) is 18.2 Å². The van der Waals surface area contributed by atoms with Crippen LogP contribution in [-0.4, -0.2) is 54.8 Å². The van der Waals surface area contributed by atoms with Gasteiger partial charge >= 0.3 is 0 Å². The molecule has 6 nitrogen and oxygen atoms in total. The van der Waals surface area contributed by atoms with Gasteiger partial charge in [-0.1, -0.05) is 18.2 Å². The van der Waals surface area contributed by atoms with Gasteiger partial charge in [0.1, 0.15) is 11.4 Å². The van der Waals surface area contributed by atoms with Crippen molar-refractivity contribution in [1.82, 2.24) is 14.8 Å². The van der Waals surface area contributed by atoms with Crippen molar-refractivity contribution < 1.29 is 13.9 Å². The lowest BCUT2D eigenvalue weighted by molar-refractivity contribution is 0.0369. The summed E-state index contributed by atoms with van der Waals surface area (Å²) in [6, 6.07) is 7.77. The fourth-order valence-corrected chi connectivity index (χ4v) is 3.94. The fraction of sp³-hybridized carbons (Fsp3) is 0.417. The molecular weight excluding hydrogens is 397 g/mol. The van der Waals surface area contributed by atoms with E-state index in [9.17, 15) is 14.0 Å². The molecule has 0 saturated carbocycles. The van der Waals surface area contributed by atoms with E-state index in [1.807, 2.05) is 11.5 Å². The van der Waals surface area contributed by atoms with Gasteiger partial charge in [-0.3, -0.25) is 14.5 Å². The molecule has 1 aromatic carbocycles. The Hall–Kier alpha value is -2.77. The molecular formula is C24H30FN3O3. The maximum atomic E-state index is 13.8. The minimum absolute atomic E-state index is 0.114. The Labute approximate surface area is 182 Å². The molecule has 0 aliphatic carbocycles. The highest BCUT2D eigenvalue weighted by atomic mass is 19.1. The molecule has 0 atom stereocenters. The number of morpholine rings is 1. The molecule has 0 unspecified atom stereocenters. The highest BCUT2D eigenvalue weighted by molar-refractivity contribution is 5.95. The van der Waals surface area contributed by atoms with Gasteiger partial charge in [0, 0.05) is 56.6 Å². The van der Waals surface area contributed by atoms with E-state index in [-0.39, 0.29) is 23.4 Å². The Kier molecular flexibility index (Phi) is 8.14. The van der Waals surface area contributed by atoms with Gasteiger partial charge in [0.2, 0.25) is 0 Å². The minimum Gasteiger partial charge on any atom is -0.379 e.